The van der Waals surface area contributed by atoms with Crippen LogP contribution in [0.2, 0.25) is 0 Å². The first kappa shape index (κ1) is 13.2. The summed E-state index contributed by atoms with van der Waals surface area (Å²) in [5.41, 5.74) is 0.00725. The van der Waals surface area contributed by atoms with E-state index >= 15 is 0 Å². The molecule has 4 heteroatoms. The van der Waals surface area contributed by atoms with Crippen molar-refractivity contribution < 1.29 is 0 Å². The van der Waals surface area contributed by atoms with Gasteiger partial charge < -0.3 is 14.8 Å². The monoisotopic (exact) mass is 271 g/mol. The number of pyridine rings is 1. The number of rotatable bonds is 2. The Labute approximate surface area is 119 Å². The van der Waals surface area contributed by atoms with Crippen LogP contribution in [0.15, 0.2) is 35.1 Å². The fourth-order valence-electron chi connectivity index (χ4n) is 2.99. The van der Waals surface area contributed by atoms with Gasteiger partial charge in [0.1, 0.15) is 5.82 Å². The molecule has 0 bridgehead atoms. The van der Waals surface area contributed by atoms with Gasteiger partial charge in [0, 0.05) is 24.5 Å². The quantitative estimate of drug-likeness (QED) is 0.908. The molecule has 1 aromatic carbocycles. The minimum absolute atomic E-state index is 0.00725. The molecule has 1 saturated heterocycles. The number of fused-ring (bicyclic) bond motifs is 1. The van der Waals surface area contributed by atoms with E-state index in [1.54, 1.807) is 0 Å². The second kappa shape index (κ2) is 5.29. The average Bonchev–Trinajstić information content (AvgIpc) is 2.47. The minimum Gasteiger partial charge on any atom is -0.358 e. The summed E-state index contributed by atoms with van der Waals surface area (Å²) < 4.78 is 0. The van der Waals surface area contributed by atoms with E-state index in [1.165, 1.54) is 0 Å². The summed E-state index contributed by atoms with van der Waals surface area (Å²) in [6, 6.07) is 10.5. The third kappa shape index (κ3) is 2.43. The molecule has 106 valence electrons. The van der Waals surface area contributed by atoms with Crippen molar-refractivity contribution >= 4 is 16.6 Å². The zero-order valence-corrected chi connectivity index (χ0v) is 12.1. The number of piperidine rings is 1. The maximum atomic E-state index is 12.1. The highest BCUT2D eigenvalue weighted by Gasteiger charge is 2.21. The van der Waals surface area contributed by atoms with Gasteiger partial charge in [0.15, 0.2) is 0 Å². The molecule has 1 aliphatic heterocycles. The molecule has 2 heterocycles. The lowest BCUT2D eigenvalue weighted by Crippen LogP contribution is -2.42. The Hall–Kier alpha value is -1.81. The first-order valence-corrected chi connectivity index (χ1v) is 7.18. The highest BCUT2D eigenvalue weighted by molar-refractivity contribution is 5.83. The molecule has 1 aliphatic rings. The number of nitrogens with zero attached hydrogens (tertiary/aromatic N) is 2. The predicted octanol–water partition coefficient (Wildman–Crippen LogP) is 2.06. The van der Waals surface area contributed by atoms with E-state index in [2.05, 4.69) is 34.9 Å². The third-order valence-electron chi connectivity index (χ3n) is 4.27. The molecular weight excluding hydrogens is 250 g/mol. The van der Waals surface area contributed by atoms with E-state index in [0.29, 0.717) is 6.04 Å². The molecule has 0 spiro atoms. The summed E-state index contributed by atoms with van der Waals surface area (Å²) >= 11 is 0. The smallest absolute Gasteiger partial charge is 0.257 e. The van der Waals surface area contributed by atoms with Crippen LogP contribution < -0.4 is 10.5 Å². The van der Waals surface area contributed by atoms with Crippen molar-refractivity contribution in [1.29, 1.82) is 0 Å². The van der Waals surface area contributed by atoms with Gasteiger partial charge in [-0.1, -0.05) is 18.2 Å². The number of hydrogen-bond donors (Lipinski definition) is 1. The molecule has 0 radical (unpaired) electrons. The van der Waals surface area contributed by atoms with Crippen LogP contribution in [-0.2, 0) is 0 Å². The number of nitrogens with one attached hydrogen (secondary N) is 1. The van der Waals surface area contributed by atoms with Gasteiger partial charge in [-0.3, -0.25) is 4.79 Å². The third-order valence-corrected chi connectivity index (χ3v) is 4.27. The van der Waals surface area contributed by atoms with Gasteiger partial charge in [-0.05, 0) is 44.5 Å². The molecule has 0 atom stereocenters. The van der Waals surface area contributed by atoms with E-state index in [0.717, 1.165) is 42.5 Å². The highest BCUT2D eigenvalue weighted by atomic mass is 16.1. The molecule has 0 unspecified atom stereocenters. The van der Waals surface area contributed by atoms with Crippen molar-refractivity contribution in [2.75, 3.05) is 32.1 Å². The van der Waals surface area contributed by atoms with Gasteiger partial charge in [0.2, 0.25) is 0 Å². The summed E-state index contributed by atoms with van der Waals surface area (Å²) in [5, 5.41) is 1.78. The second-order valence-corrected chi connectivity index (χ2v) is 5.75. The van der Waals surface area contributed by atoms with Gasteiger partial charge >= 0.3 is 0 Å². The number of benzene rings is 1. The Balaban J connectivity index is 1.87. The highest BCUT2D eigenvalue weighted by Crippen LogP contribution is 2.21. The Morgan fingerprint density at radius 2 is 1.90 bits per heavy atom. The van der Waals surface area contributed by atoms with Crippen LogP contribution >= 0.6 is 0 Å². The summed E-state index contributed by atoms with van der Waals surface area (Å²) in [7, 11) is 4.27. The van der Waals surface area contributed by atoms with Gasteiger partial charge in [0.25, 0.3) is 5.56 Å². The first-order valence-electron chi connectivity index (χ1n) is 7.18. The molecule has 1 fully saturated rings. The van der Waals surface area contributed by atoms with E-state index in [9.17, 15) is 4.79 Å². The fourth-order valence-corrected chi connectivity index (χ4v) is 2.99. The average molecular weight is 271 g/mol. The lowest BCUT2D eigenvalue weighted by molar-refractivity contribution is 0.249. The maximum Gasteiger partial charge on any atom is 0.257 e. The molecule has 1 aromatic heterocycles. The van der Waals surface area contributed by atoms with Crippen LogP contribution in [0.4, 0.5) is 5.82 Å². The molecule has 0 aliphatic carbocycles. The van der Waals surface area contributed by atoms with Crippen LogP contribution in [-0.4, -0.2) is 43.1 Å². The molecule has 0 amide bonds. The normalized spacial score (nSPS) is 17.1. The summed E-state index contributed by atoms with van der Waals surface area (Å²) in [6.45, 7) is 1.99. The molecule has 2 aromatic rings. The van der Waals surface area contributed by atoms with E-state index in [-0.39, 0.29) is 5.56 Å². The van der Waals surface area contributed by atoms with Crippen molar-refractivity contribution in [3.8, 4) is 0 Å². The van der Waals surface area contributed by atoms with Crippen LogP contribution in [0.25, 0.3) is 10.8 Å². The van der Waals surface area contributed by atoms with E-state index < -0.39 is 0 Å². The van der Waals surface area contributed by atoms with E-state index in [4.69, 9.17) is 0 Å². The molecule has 0 saturated carbocycles. The van der Waals surface area contributed by atoms with Crippen molar-refractivity contribution in [3.05, 3.63) is 40.7 Å². The number of H-pyrrole nitrogens is 1. The summed E-state index contributed by atoms with van der Waals surface area (Å²) in [4.78, 5) is 19.7. The number of aromatic amines is 1. The van der Waals surface area contributed by atoms with Crippen molar-refractivity contribution in [2.24, 2.45) is 0 Å². The molecule has 20 heavy (non-hydrogen) atoms. The topological polar surface area (TPSA) is 39.3 Å². The molecule has 4 nitrogen and oxygen atoms in total. The van der Waals surface area contributed by atoms with Gasteiger partial charge in [-0.15, -0.1) is 0 Å². The maximum absolute atomic E-state index is 12.1. The van der Waals surface area contributed by atoms with Gasteiger partial charge in [-0.25, -0.2) is 0 Å². The van der Waals surface area contributed by atoms with Crippen molar-refractivity contribution in [1.82, 2.24) is 9.88 Å². The summed E-state index contributed by atoms with van der Waals surface area (Å²) in [5.74, 6) is 0.950. The van der Waals surface area contributed by atoms with Gasteiger partial charge in [-0.2, -0.15) is 0 Å². The standard InChI is InChI=1S/C16H21N3O/c1-18(2)13-7-9-19(10-8-13)15-11-12-5-3-4-6-14(12)16(20)17-15/h3-6,11,13H,7-10H2,1-2H3,(H,17,20). The number of anilines is 1. The van der Waals surface area contributed by atoms with Crippen LogP contribution in [0.3, 0.4) is 0 Å². The molecule has 3 rings (SSSR count). The Morgan fingerprint density at radius 1 is 1.20 bits per heavy atom. The Bertz CT molecular complexity index is 654. The molecular formula is C16H21N3O. The summed E-state index contributed by atoms with van der Waals surface area (Å²) in [6.07, 6.45) is 2.28. The van der Waals surface area contributed by atoms with Gasteiger partial charge in [0.05, 0.1) is 0 Å². The lowest BCUT2D eigenvalue weighted by atomic mass is 10.0. The SMILES string of the molecule is CN(C)C1CCN(c2cc3ccccc3c(=O)[nH]2)CC1. The zero-order chi connectivity index (χ0) is 14.1. The molecule has 1 N–H and O–H groups in total. The predicted molar refractivity (Wildman–Crippen MR) is 83.5 cm³/mol. The number of aromatic nitrogens is 1. The lowest BCUT2D eigenvalue weighted by Gasteiger charge is -2.36. The first-order chi connectivity index (χ1) is 9.65. The minimum atomic E-state index is 0.00725. The fraction of sp³-hybridized carbons (Fsp3) is 0.438. The second-order valence-electron chi connectivity index (χ2n) is 5.75. The largest absolute Gasteiger partial charge is 0.358 e. The zero-order valence-electron chi connectivity index (χ0n) is 12.1. The van der Waals surface area contributed by atoms with Crippen molar-refractivity contribution in [2.45, 2.75) is 18.9 Å². The van der Waals surface area contributed by atoms with Crippen molar-refractivity contribution in [3.63, 3.8) is 0 Å². The Kier molecular flexibility index (Phi) is 3.49. The Morgan fingerprint density at radius 3 is 2.60 bits per heavy atom. The van der Waals surface area contributed by atoms with E-state index in [1.807, 2.05) is 24.3 Å². The van der Waals surface area contributed by atoms with Crippen LogP contribution in [0.5, 0.6) is 0 Å². The van der Waals surface area contributed by atoms with Crippen LogP contribution in [0.1, 0.15) is 12.8 Å². The van der Waals surface area contributed by atoms with Crippen LogP contribution in [0, 0.1) is 0 Å². The number of hydrogen-bond acceptors (Lipinski definition) is 3.